The van der Waals surface area contributed by atoms with Crippen molar-refractivity contribution in [2.45, 2.75) is 6.18 Å². The number of benzene rings is 1. The second-order valence-electron chi connectivity index (χ2n) is 4.14. The van der Waals surface area contributed by atoms with Crippen LogP contribution in [0.3, 0.4) is 0 Å². The molecule has 1 N–H and O–H groups in total. The van der Waals surface area contributed by atoms with Crippen molar-refractivity contribution in [3.05, 3.63) is 23.8 Å². The third-order valence-corrected chi connectivity index (χ3v) is 2.66. The van der Waals surface area contributed by atoms with Crippen LogP contribution in [0, 0.1) is 0 Å². The molecule has 118 valence electrons. The number of hydrogen-bond acceptors (Lipinski definition) is 4. The summed E-state index contributed by atoms with van der Waals surface area (Å²) in [6.07, 6.45) is -4.54. The minimum absolute atomic E-state index is 0.0188. The van der Waals surface area contributed by atoms with Gasteiger partial charge in [0, 0.05) is 12.1 Å². The highest BCUT2D eigenvalue weighted by Gasteiger charge is 2.33. The van der Waals surface area contributed by atoms with E-state index in [1.54, 1.807) is 0 Å². The van der Waals surface area contributed by atoms with Gasteiger partial charge in [0.1, 0.15) is 6.54 Å². The monoisotopic (exact) mass is 307 g/mol. The molecule has 0 atom stereocenters. The lowest BCUT2D eigenvalue weighted by Gasteiger charge is -2.23. The topological polar surface area (TPSA) is 59.0 Å². The molecule has 1 rings (SSSR count). The number of carbonyl (C=O) groups is 1. The minimum atomic E-state index is -4.54. The maximum Gasteiger partial charge on any atom is 0.406 e. The first-order chi connectivity index (χ1) is 9.82. The van der Waals surface area contributed by atoms with Crippen molar-refractivity contribution < 1.29 is 32.5 Å². The van der Waals surface area contributed by atoms with Gasteiger partial charge in [-0.1, -0.05) is 0 Å². The van der Waals surface area contributed by atoms with Gasteiger partial charge >= 0.3 is 6.18 Å². The minimum Gasteiger partial charge on any atom is -0.493 e. The Kier molecular flexibility index (Phi) is 5.83. The zero-order valence-electron chi connectivity index (χ0n) is 11.6. The summed E-state index contributed by atoms with van der Waals surface area (Å²) in [5.41, 5.74) is 0.0188. The number of hydrogen-bond donors (Lipinski definition) is 1. The zero-order chi connectivity index (χ0) is 16.0. The van der Waals surface area contributed by atoms with Gasteiger partial charge in [-0.3, -0.25) is 4.79 Å². The van der Waals surface area contributed by atoms with Crippen molar-refractivity contribution in [3.8, 4) is 11.5 Å². The third-order valence-electron chi connectivity index (χ3n) is 2.66. The van der Waals surface area contributed by atoms with E-state index in [-0.39, 0.29) is 11.3 Å². The summed E-state index contributed by atoms with van der Waals surface area (Å²) in [6.45, 7) is -2.40. The van der Waals surface area contributed by atoms with Gasteiger partial charge in [0.25, 0.3) is 5.91 Å². The van der Waals surface area contributed by atoms with Gasteiger partial charge in [-0.15, -0.1) is 0 Å². The van der Waals surface area contributed by atoms with Crippen molar-refractivity contribution in [2.24, 2.45) is 0 Å². The van der Waals surface area contributed by atoms with Crippen LogP contribution in [0.1, 0.15) is 10.4 Å². The lowest BCUT2D eigenvalue weighted by Crippen LogP contribution is -2.40. The van der Waals surface area contributed by atoms with Crippen LogP contribution in [0.2, 0.25) is 0 Å². The molecule has 0 saturated carbocycles. The molecule has 5 nitrogen and oxygen atoms in total. The molecule has 0 fully saturated rings. The summed E-state index contributed by atoms with van der Waals surface area (Å²) < 4.78 is 47.3. The Bertz CT molecular complexity index is 491. The molecule has 1 amide bonds. The summed E-state index contributed by atoms with van der Waals surface area (Å²) in [7, 11) is 2.76. The number of rotatable bonds is 6. The van der Waals surface area contributed by atoms with Gasteiger partial charge in [0.2, 0.25) is 0 Å². The van der Waals surface area contributed by atoms with E-state index in [1.807, 2.05) is 0 Å². The SMILES string of the molecule is COc1ccc(C(=O)N(CCO)CC(F)(F)F)cc1OC. The van der Waals surface area contributed by atoms with E-state index in [2.05, 4.69) is 0 Å². The third kappa shape index (κ3) is 4.82. The van der Waals surface area contributed by atoms with Crippen molar-refractivity contribution in [1.82, 2.24) is 4.90 Å². The molecular formula is C13H16F3NO4. The fourth-order valence-electron chi connectivity index (χ4n) is 1.74. The standard InChI is InChI=1S/C13H16F3NO4/c1-20-10-4-3-9(7-11(10)21-2)12(19)17(5-6-18)8-13(14,15)16/h3-4,7,18H,5-6,8H2,1-2H3. The molecular weight excluding hydrogens is 291 g/mol. The van der Waals surface area contributed by atoms with E-state index in [0.29, 0.717) is 10.6 Å². The molecule has 0 bridgehead atoms. The summed E-state index contributed by atoms with van der Waals surface area (Å²) in [5, 5.41) is 8.81. The number of carbonyl (C=O) groups excluding carboxylic acids is 1. The molecule has 0 spiro atoms. The maximum atomic E-state index is 12.4. The van der Waals surface area contributed by atoms with Gasteiger partial charge in [0.05, 0.1) is 20.8 Å². The van der Waals surface area contributed by atoms with E-state index in [1.165, 1.54) is 32.4 Å². The van der Waals surface area contributed by atoms with Crippen LogP contribution in [-0.4, -0.2) is 56.0 Å². The summed E-state index contributed by atoms with van der Waals surface area (Å²) in [6, 6.07) is 4.06. The number of aliphatic hydroxyl groups excluding tert-OH is 1. The largest absolute Gasteiger partial charge is 0.493 e. The first-order valence-corrected chi connectivity index (χ1v) is 6.01. The Morgan fingerprint density at radius 3 is 2.33 bits per heavy atom. The van der Waals surface area contributed by atoms with Crippen LogP contribution in [-0.2, 0) is 0 Å². The molecule has 0 aliphatic carbocycles. The number of nitrogens with zero attached hydrogens (tertiary/aromatic N) is 1. The molecule has 21 heavy (non-hydrogen) atoms. The van der Waals surface area contributed by atoms with Crippen molar-refractivity contribution in [1.29, 1.82) is 0 Å². The quantitative estimate of drug-likeness (QED) is 0.869. The average molecular weight is 307 g/mol. The Hall–Kier alpha value is -1.96. The fourth-order valence-corrected chi connectivity index (χ4v) is 1.74. The second kappa shape index (κ2) is 7.16. The summed E-state index contributed by atoms with van der Waals surface area (Å²) in [5.74, 6) is -0.250. The van der Waals surface area contributed by atoms with Crippen LogP contribution in [0.5, 0.6) is 11.5 Å². The number of ether oxygens (including phenoxy) is 2. The van der Waals surface area contributed by atoms with Crippen LogP contribution in [0.4, 0.5) is 13.2 Å². The van der Waals surface area contributed by atoms with E-state index in [4.69, 9.17) is 14.6 Å². The number of aliphatic hydroxyl groups is 1. The molecule has 1 aromatic rings. The smallest absolute Gasteiger partial charge is 0.406 e. The van der Waals surface area contributed by atoms with Gasteiger partial charge in [-0.25, -0.2) is 0 Å². The number of methoxy groups -OCH3 is 2. The Labute approximate surface area is 119 Å². The lowest BCUT2D eigenvalue weighted by atomic mass is 10.1. The van der Waals surface area contributed by atoms with Gasteiger partial charge < -0.3 is 19.5 Å². The highest BCUT2D eigenvalue weighted by atomic mass is 19.4. The predicted octanol–water partition coefficient (Wildman–Crippen LogP) is 1.70. The normalized spacial score (nSPS) is 11.1. The van der Waals surface area contributed by atoms with Crippen LogP contribution in [0.15, 0.2) is 18.2 Å². The highest BCUT2D eigenvalue weighted by molar-refractivity contribution is 5.95. The highest BCUT2D eigenvalue weighted by Crippen LogP contribution is 2.28. The van der Waals surface area contributed by atoms with E-state index in [9.17, 15) is 18.0 Å². The first-order valence-electron chi connectivity index (χ1n) is 6.01. The molecule has 0 saturated heterocycles. The van der Waals surface area contributed by atoms with Crippen molar-refractivity contribution in [2.75, 3.05) is 33.9 Å². The molecule has 0 radical (unpaired) electrons. The van der Waals surface area contributed by atoms with Crippen LogP contribution < -0.4 is 9.47 Å². The van der Waals surface area contributed by atoms with Crippen LogP contribution in [0.25, 0.3) is 0 Å². The maximum absolute atomic E-state index is 12.4. The summed E-state index contributed by atoms with van der Waals surface area (Å²) in [4.78, 5) is 12.6. The Morgan fingerprint density at radius 1 is 1.24 bits per heavy atom. The predicted molar refractivity (Wildman–Crippen MR) is 68.6 cm³/mol. The molecule has 0 aliphatic rings. The van der Waals surface area contributed by atoms with E-state index < -0.39 is 31.8 Å². The summed E-state index contributed by atoms with van der Waals surface area (Å²) >= 11 is 0. The Balaban J connectivity index is 3.03. The average Bonchev–Trinajstić information content (AvgIpc) is 2.43. The van der Waals surface area contributed by atoms with Crippen molar-refractivity contribution in [3.63, 3.8) is 0 Å². The van der Waals surface area contributed by atoms with Gasteiger partial charge in [-0.2, -0.15) is 13.2 Å². The number of amides is 1. The molecule has 0 unspecified atom stereocenters. The first kappa shape index (κ1) is 17.1. The fraction of sp³-hybridized carbons (Fsp3) is 0.462. The van der Waals surface area contributed by atoms with E-state index in [0.717, 1.165) is 0 Å². The second-order valence-corrected chi connectivity index (χ2v) is 4.14. The number of halogens is 3. The zero-order valence-corrected chi connectivity index (χ0v) is 11.6. The molecule has 0 heterocycles. The molecule has 1 aromatic carbocycles. The molecule has 0 aliphatic heterocycles. The van der Waals surface area contributed by atoms with Gasteiger partial charge in [-0.05, 0) is 18.2 Å². The van der Waals surface area contributed by atoms with Crippen molar-refractivity contribution >= 4 is 5.91 Å². The Morgan fingerprint density at radius 2 is 1.86 bits per heavy atom. The lowest BCUT2D eigenvalue weighted by molar-refractivity contribution is -0.141. The number of alkyl halides is 3. The van der Waals surface area contributed by atoms with Crippen LogP contribution >= 0.6 is 0 Å². The van der Waals surface area contributed by atoms with E-state index >= 15 is 0 Å². The molecule has 0 aromatic heterocycles. The molecule has 8 heteroatoms. The van der Waals surface area contributed by atoms with Gasteiger partial charge in [0.15, 0.2) is 11.5 Å².